The number of hydrogen-bond donors (Lipinski definition) is 1. The standard InChI is InChI=1S/C16H18FN5O2/c1-3-11-6-12(4-5-15(11)17)19-7-13(22-18)10-24-16-20-8-14(23-2)9-21-16/h4-9H,3,10,18H2,1-2H3. The van der Waals surface area contributed by atoms with Crippen molar-refractivity contribution in [3.05, 3.63) is 42.0 Å². The maximum absolute atomic E-state index is 13.5. The predicted molar refractivity (Wildman–Crippen MR) is 89.6 cm³/mol. The monoisotopic (exact) mass is 331 g/mol. The highest BCUT2D eigenvalue weighted by molar-refractivity contribution is 6.31. The molecule has 7 nitrogen and oxygen atoms in total. The minimum absolute atomic E-state index is 0.0498. The number of halogens is 1. The fourth-order valence-electron chi connectivity index (χ4n) is 1.79. The van der Waals surface area contributed by atoms with E-state index in [0.29, 0.717) is 29.1 Å². The van der Waals surface area contributed by atoms with Gasteiger partial charge < -0.3 is 15.3 Å². The molecule has 0 bridgehead atoms. The number of benzene rings is 1. The average Bonchev–Trinajstić information content (AvgIpc) is 2.63. The summed E-state index contributed by atoms with van der Waals surface area (Å²) in [4.78, 5) is 12.2. The Morgan fingerprint density at radius 1 is 1.33 bits per heavy atom. The number of ether oxygens (including phenoxy) is 2. The Morgan fingerprint density at radius 3 is 2.71 bits per heavy atom. The molecule has 0 amide bonds. The third-order valence-corrected chi connectivity index (χ3v) is 3.13. The molecule has 0 unspecified atom stereocenters. The van der Waals surface area contributed by atoms with E-state index in [-0.39, 0.29) is 18.4 Å². The van der Waals surface area contributed by atoms with Crippen LogP contribution in [0.2, 0.25) is 0 Å². The van der Waals surface area contributed by atoms with E-state index in [0.717, 1.165) is 0 Å². The zero-order chi connectivity index (χ0) is 17.4. The molecule has 0 aliphatic carbocycles. The van der Waals surface area contributed by atoms with Gasteiger partial charge in [-0.25, -0.2) is 4.39 Å². The van der Waals surface area contributed by atoms with Gasteiger partial charge in [0.1, 0.15) is 18.1 Å². The van der Waals surface area contributed by atoms with Crippen LogP contribution in [0.4, 0.5) is 10.1 Å². The maximum atomic E-state index is 13.5. The highest BCUT2D eigenvalue weighted by atomic mass is 19.1. The number of hydrazone groups is 1. The number of nitrogens with zero attached hydrogens (tertiary/aromatic N) is 4. The van der Waals surface area contributed by atoms with Gasteiger partial charge in [0.05, 0.1) is 31.4 Å². The molecule has 0 aliphatic rings. The molecule has 2 rings (SSSR count). The Morgan fingerprint density at radius 2 is 2.08 bits per heavy atom. The minimum Gasteiger partial charge on any atom is -0.494 e. The largest absolute Gasteiger partial charge is 0.494 e. The summed E-state index contributed by atoms with van der Waals surface area (Å²) >= 11 is 0. The number of hydrogen-bond acceptors (Lipinski definition) is 7. The Labute approximate surface area is 139 Å². The summed E-state index contributed by atoms with van der Waals surface area (Å²) in [5, 5.41) is 3.60. The van der Waals surface area contributed by atoms with E-state index in [9.17, 15) is 4.39 Å². The first-order valence-electron chi connectivity index (χ1n) is 7.24. The van der Waals surface area contributed by atoms with Gasteiger partial charge in [-0.05, 0) is 30.2 Å². The molecule has 126 valence electrons. The molecule has 1 aromatic heterocycles. The number of aryl methyl sites for hydroxylation is 1. The zero-order valence-corrected chi connectivity index (χ0v) is 13.4. The molecule has 0 aliphatic heterocycles. The molecule has 8 heteroatoms. The summed E-state index contributed by atoms with van der Waals surface area (Å²) in [6.45, 7) is 1.93. The molecular weight excluding hydrogens is 313 g/mol. The van der Waals surface area contributed by atoms with Gasteiger partial charge in [-0.2, -0.15) is 15.1 Å². The van der Waals surface area contributed by atoms with Gasteiger partial charge in [-0.15, -0.1) is 0 Å². The summed E-state index contributed by atoms with van der Waals surface area (Å²) in [6, 6.07) is 4.80. The van der Waals surface area contributed by atoms with Crippen LogP contribution >= 0.6 is 0 Å². The number of nitrogens with two attached hydrogens (primary N) is 1. The number of aromatic nitrogens is 2. The molecule has 0 spiro atoms. The van der Waals surface area contributed by atoms with Gasteiger partial charge in [0, 0.05) is 0 Å². The van der Waals surface area contributed by atoms with E-state index < -0.39 is 0 Å². The van der Waals surface area contributed by atoms with Crippen molar-refractivity contribution in [2.75, 3.05) is 13.7 Å². The molecule has 0 radical (unpaired) electrons. The summed E-state index contributed by atoms with van der Waals surface area (Å²) < 4.78 is 23.8. The molecular formula is C16H18FN5O2. The SMILES string of the molecule is CCc1cc(N=CC(COc2ncc(OC)cn2)=NN)ccc1F. The lowest BCUT2D eigenvalue weighted by Gasteiger charge is -2.04. The van der Waals surface area contributed by atoms with Crippen molar-refractivity contribution < 1.29 is 13.9 Å². The van der Waals surface area contributed by atoms with Crippen LogP contribution in [-0.4, -0.2) is 35.6 Å². The molecule has 1 aromatic carbocycles. The third-order valence-electron chi connectivity index (χ3n) is 3.13. The lowest BCUT2D eigenvalue weighted by molar-refractivity contribution is 0.341. The second-order valence-corrected chi connectivity index (χ2v) is 4.70. The quantitative estimate of drug-likeness (QED) is 0.477. The van der Waals surface area contributed by atoms with Crippen molar-refractivity contribution in [1.82, 2.24) is 9.97 Å². The third kappa shape index (κ3) is 4.73. The summed E-state index contributed by atoms with van der Waals surface area (Å²) in [5.74, 6) is 5.60. The van der Waals surface area contributed by atoms with Crippen LogP contribution in [0.3, 0.4) is 0 Å². The van der Waals surface area contributed by atoms with Crippen LogP contribution in [0, 0.1) is 5.82 Å². The van der Waals surface area contributed by atoms with Crippen LogP contribution in [0.15, 0.2) is 40.7 Å². The van der Waals surface area contributed by atoms with Gasteiger partial charge in [0.15, 0.2) is 5.75 Å². The smallest absolute Gasteiger partial charge is 0.316 e. The fraction of sp³-hybridized carbons (Fsp3) is 0.250. The summed E-state index contributed by atoms with van der Waals surface area (Å²) in [5.41, 5.74) is 1.59. The van der Waals surface area contributed by atoms with Crippen molar-refractivity contribution in [1.29, 1.82) is 0 Å². The second-order valence-electron chi connectivity index (χ2n) is 4.70. The zero-order valence-electron chi connectivity index (χ0n) is 13.4. The van der Waals surface area contributed by atoms with Gasteiger partial charge in [-0.1, -0.05) is 6.92 Å². The number of rotatable bonds is 7. The average molecular weight is 331 g/mol. The fourth-order valence-corrected chi connectivity index (χ4v) is 1.79. The highest BCUT2D eigenvalue weighted by Gasteiger charge is 2.03. The normalized spacial score (nSPS) is 11.7. The lowest BCUT2D eigenvalue weighted by Crippen LogP contribution is -2.16. The number of aliphatic imine (C=N–C) groups is 1. The van der Waals surface area contributed by atoms with Crippen LogP contribution in [0.25, 0.3) is 0 Å². The van der Waals surface area contributed by atoms with Crippen molar-refractivity contribution in [2.24, 2.45) is 15.9 Å². The van der Waals surface area contributed by atoms with Crippen LogP contribution < -0.4 is 15.3 Å². The number of methoxy groups -OCH3 is 1. The lowest BCUT2D eigenvalue weighted by atomic mass is 10.1. The molecule has 2 aromatic rings. The van der Waals surface area contributed by atoms with E-state index in [1.54, 1.807) is 12.1 Å². The molecule has 0 saturated heterocycles. The Balaban J connectivity index is 1.98. The Kier molecular flexibility index (Phi) is 6.18. The van der Waals surface area contributed by atoms with Crippen molar-refractivity contribution in [2.45, 2.75) is 13.3 Å². The summed E-state index contributed by atoms with van der Waals surface area (Å²) in [6.07, 6.45) is 5.02. The van der Waals surface area contributed by atoms with E-state index in [1.807, 2.05) is 6.92 Å². The molecule has 0 saturated carbocycles. The summed E-state index contributed by atoms with van der Waals surface area (Å²) in [7, 11) is 1.52. The van der Waals surface area contributed by atoms with Gasteiger partial charge in [-0.3, -0.25) is 4.99 Å². The maximum Gasteiger partial charge on any atom is 0.316 e. The first kappa shape index (κ1) is 17.3. The van der Waals surface area contributed by atoms with E-state index >= 15 is 0 Å². The molecule has 0 fully saturated rings. The van der Waals surface area contributed by atoms with Crippen molar-refractivity contribution in [3.8, 4) is 11.8 Å². The van der Waals surface area contributed by atoms with Crippen molar-refractivity contribution >= 4 is 17.6 Å². The van der Waals surface area contributed by atoms with Crippen LogP contribution in [0.1, 0.15) is 12.5 Å². The molecule has 24 heavy (non-hydrogen) atoms. The first-order chi connectivity index (χ1) is 11.7. The van der Waals surface area contributed by atoms with Crippen LogP contribution in [-0.2, 0) is 6.42 Å². The predicted octanol–water partition coefficient (Wildman–Crippen LogP) is 2.28. The van der Waals surface area contributed by atoms with Gasteiger partial charge in [0.2, 0.25) is 0 Å². The molecule has 2 N–H and O–H groups in total. The van der Waals surface area contributed by atoms with E-state index in [1.165, 1.54) is 31.8 Å². The van der Waals surface area contributed by atoms with E-state index in [4.69, 9.17) is 15.3 Å². The van der Waals surface area contributed by atoms with E-state index in [2.05, 4.69) is 20.1 Å². The Bertz CT molecular complexity index is 732. The second kappa shape index (κ2) is 8.56. The molecule has 0 atom stereocenters. The minimum atomic E-state index is -0.246. The Hall–Kier alpha value is -3.03. The first-order valence-corrected chi connectivity index (χ1v) is 7.24. The van der Waals surface area contributed by atoms with Crippen molar-refractivity contribution in [3.63, 3.8) is 0 Å². The molecule has 1 heterocycles. The van der Waals surface area contributed by atoms with Gasteiger partial charge in [0.25, 0.3) is 0 Å². The topological polar surface area (TPSA) is 95.0 Å². The van der Waals surface area contributed by atoms with Crippen LogP contribution in [0.5, 0.6) is 11.8 Å². The highest BCUT2D eigenvalue weighted by Crippen LogP contribution is 2.17. The van der Waals surface area contributed by atoms with Gasteiger partial charge >= 0.3 is 6.01 Å².